The fourth-order valence-corrected chi connectivity index (χ4v) is 2.97. The van der Waals surface area contributed by atoms with Crippen LogP contribution in [0.4, 0.5) is 0 Å². The van der Waals surface area contributed by atoms with Gasteiger partial charge in [0.1, 0.15) is 9.88 Å². The molecule has 1 heterocycles. The van der Waals surface area contributed by atoms with Crippen molar-refractivity contribution in [3.63, 3.8) is 0 Å². The molecule has 0 atom stereocenters. The highest BCUT2D eigenvalue weighted by atomic mass is 32.2. The van der Waals surface area contributed by atoms with Crippen LogP contribution in [0.25, 0.3) is 0 Å². The summed E-state index contributed by atoms with van der Waals surface area (Å²) in [6.07, 6.45) is 1.26. The average Bonchev–Trinajstić information content (AvgIpc) is 2.39. The van der Waals surface area contributed by atoms with Gasteiger partial charge in [0, 0.05) is 26.4 Å². The number of pyridine rings is 1. The molecule has 106 valence electrons. The van der Waals surface area contributed by atoms with E-state index in [2.05, 4.69) is 4.98 Å². The van der Waals surface area contributed by atoms with E-state index in [1.54, 1.807) is 6.92 Å². The molecular weight excluding hydrogens is 286 g/mol. The van der Waals surface area contributed by atoms with Crippen LogP contribution in [-0.4, -0.2) is 49.5 Å². The molecule has 0 aliphatic rings. The second-order valence-electron chi connectivity index (χ2n) is 3.73. The van der Waals surface area contributed by atoms with Gasteiger partial charge >= 0.3 is 0 Å². The SMILES string of the molecule is CCN(CCOC)S(=O)(=O)c1ccc(C(N)=S)nc1. The van der Waals surface area contributed by atoms with Crippen LogP contribution < -0.4 is 5.73 Å². The fraction of sp³-hybridized carbons (Fsp3) is 0.455. The lowest BCUT2D eigenvalue weighted by atomic mass is 10.3. The first-order valence-electron chi connectivity index (χ1n) is 5.68. The minimum Gasteiger partial charge on any atom is -0.388 e. The lowest BCUT2D eigenvalue weighted by Gasteiger charge is -2.19. The molecule has 0 aliphatic heterocycles. The number of hydrogen-bond donors (Lipinski definition) is 1. The Balaban J connectivity index is 3.01. The minimum atomic E-state index is -3.56. The van der Waals surface area contributed by atoms with E-state index in [-0.39, 0.29) is 9.88 Å². The molecule has 0 unspecified atom stereocenters. The van der Waals surface area contributed by atoms with Gasteiger partial charge in [0.05, 0.1) is 12.3 Å². The summed E-state index contributed by atoms with van der Waals surface area (Å²) in [4.78, 5) is 4.19. The third-order valence-corrected chi connectivity index (χ3v) is 4.69. The Kier molecular flexibility index (Phi) is 5.80. The van der Waals surface area contributed by atoms with Crippen LogP contribution in [0, 0.1) is 0 Å². The van der Waals surface area contributed by atoms with Crippen molar-refractivity contribution in [1.29, 1.82) is 0 Å². The van der Waals surface area contributed by atoms with Crippen molar-refractivity contribution in [2.45, 2.75) is 11.8 Å². The highest BCUT2D eigenvalue weighted by molar-refractivity contribution is 7.89. The van der Waals surface area contributed by atoms with Crippen LogP contribution in [0.5, 0.6) is 0 Å². The topological polar surface area (TPSA) is 85.5 Å². The number of hydrogen-bond acceptors (Lipinski definition) is 5. The number of rotatable bonds is 7. The Labute approximate surface area is 118 Å². The van der Waals surface area contributed by atoms with Gasteiger partial charge in [-0.3, -0.25) is 4.98 Å². The van der Waals surface area contributed by atoms with E-state index in [0.29, 0.717) is 25.4 Å². The fourth-order valence-electron chi connectivity index (χ4n) is 1.47. The summed E-state index contributed by atoms with van der Waals surface area (Å²) in [6.45, 7) is 2.77. The van der Waals surface area contributed by atoms with Crippen molar-refractivity contribution >= 4 is 27.2 Å². The van der Waals surface area contributed by atoms with Crippen LogP contribution in [0.15, 0.2) is 23.2 Å². The number of nitrogens with two attached hydrogens (primary N) is 1. The molecular formula is C11H17N3O3S2. The molecule has 19 heavy (non-hydrogen) atoms. The molecule has 0 aliphatic carbocycles. The molecule has 0 amide bonds. The van der Waals surface area contributed by atoms with Gasteiger partial charge in [0.25, 0.3) is 0 Å². The number of thiocarbonyl (C=S) groups is 1. The molecule has 0 radical (unpaired) electrons. The molecule has 0 aromatic carbocycles. The van der Waals surface area contributed by atoms with Crippen LogP contribution in [0.1, 0.15) is 12.6 Å². The summed E-state index contributed by atoms with van der Waals surface area (Å²) < 4.78 is 30.9. The van der Waals surface area contributed by atoms with Crippen LogP contribution in [0.2, 0.25) is 0 Å². The Bertz CT molecular complexity index is 529. The summed E-state index contributed by atoms with van der Waals surface area (Å²) in [5.74, 6) is 0. The average molecular weight is 303 g/mol. The predicted octanol–water partition coefficient (Wildman–Crippen LogP) is 0.373. The normalized spacial score (nSPS) is 11.7. The quantitative estimate of drug-likeness (QED) is 0.733. The summed E-state index contributed by atoms with van der Waals surface area (Å²) in [6, 6.07) is 2.95. The molecule has 6 nitrogen and oxygen atoms in total. The molecule has 0 spiro atoms. The summed E-state index contributed by atoms with van der Waals surface area (Å²) in [5, 5.41) is 0. The molecule has 0 saturated heterocycles. The van der Waals surface area contributed by atoms with Gasteiger partial charge in [0.15, 0.2) is 0 Å². The zero-order valence-electron chi connectivity index (χ0n) is 10.9. The Morgan fingerprint density at radius 2 is 2.21 bits per heavy atom. The molecule has 0 fully saturated rings. The van der Waals surface area contributed by atoms with Gasteiger partial charge in [-0.25, -0.2) is 8.42 Å². The van der Waals surface area contributed by atoms with Crippen LogP contribution >= 0.6 is 12.2 Å². The maximum Gasteiger partial charge on any atom is 0.244 e. The zero-order valence-corrected chi connectivity index (χ0v) is 12.5. The smallest absolute Gasteiger partial charge is 0.244 e. The summed E-state index contributed by atoms with van der Waals surface area (Å²) >= 11 is 4.77. The monoisotopic (exact) mass is 303 g/mol. The molecule has 2 N–H and O–H groups in total. The van der Waals surface area contributed by atoms with Crippen molar-refractivity contribution in [2.75, 3.05) is 26.8 Å². The zero-order chi connectivity index (χ0) is 14.5. The van der Waals surface area contributed by atoms with Crippen molar-refractivity contribution in [1.82, 2.24) is 9.29 Å². The first kappa shape index (κ1) is 16.0. The van der Waals surface area contributed by atoms with Gasteiger partial charge in [-0.05, 0) is 12.1 Å². The third-order valence-electron chi connectivity index (χ3n) is 2.52. The highest BCUT2D eigenvalue weighted by Crippen LogP contribution is 2.14. The minimum absolute atomic E-state index is 0.116. The number of ether oxygens (including phenoxy) is 1. The van der Waals surface area contributed by atoms with E-state index in [1.165, 1.54) is 29.7 Å². The summed E-state index contributed by atoms with van der Waals surface area (Å²) in [5.41, 5.74) is 5.81. The number of methoxy groups -OCH3 is 1. The first-order valence-corrected chi connectivity index (χ1v) is 7.53. The standard InChI is InChI=1S/C11H17N3O3S2/c1-3-14(6-7-17-2)19(15,16)9-4-5-10(11(12)18)13-8-9/h4-5,8H,3,6-7H2,1-2H3,(H2,12,18). The number of nitrogens with zero attached hydrogens (tertiary/aromatic N) is 2. The van der Waals surface area contributed by atoms with Crippen LogP contribution in [0.3, 0.4) is 0 Å². The maximum atomic E-state index is 12.3. The Morgan fingerprint density at radius 1 is 1.53 bits per heavy atom. The molecule has 0 saturated carbocycles. The molecule has 0 bridgehead atoms. The van der Waals surface area contributed by atoms with E-state index >= 15 is 0 Å². The Hall–Kier alpha value is -1.09. The van der Waals surface area contributed by atoms with Crippen molar-refractivity contribution in [2.24, 2.45) is 5.73 Å². The maximum absolute atomic E-state index is 12.3. The molecule has 1 rings (SSSR count). The van der Waals surface area contributed by atoms with Gasteiger partial charge in [-0.1, -0.05) is 19.1 Å². The predicted molar refractivity (Wildman–Crippen MR) is 76.4 cm³/mol. The lowest BCUT2D eigenvalue weighted by Crippen LogP contribution is -2.33. The van der Waals surface area contributed by atoms with Crippen molar-refractivity contribution in [3.8, 4) is 0 Å². The van der Waals surface area contributed by atoms with Gasteiger partial charge in [-0.15, -0.1) is 0 Å². The Morgan fingerprint density at radius 3 is 2.63 bits per heavy atom. The lowest BCUT2D eigenvalue weighted by molar-refractivity contribution is 0.180. The number of aromatic nitrogens is 1. The molecule has 1 aromatic heterocycles. The van der Waals surface area contributed by atoms with Crippen molar-refractivity contribution in [3.05, 3.63) is 24.0 Å². The van der Waals surface area contributed by atoms with Crippen molar-refractivity contribution < 1.29 is 13.2 Å². The van der Waals surface area contributed by atoms with E-state index in [1.807, 2.05) is 0 Å². The van der Waals surface area contributed by atoms with E-state index in [9.17, 15) is 8.42 Å². The first-order chi connectivity index (χ1) is 8.93. The highest BCUT2D eigenvalue weighted by Gasteiger charge is 2.23. The summed E-state index contributed by atoms with van der Waals surface area (Å²) in [7, 11) is -2.03. The van der Waals surface area contributed by atoms with E-state index in [0.717, 1.165) is 0 Å². The second kappa shape index (κ2) is 6.90. The van der Waals surface area contributed by atoms with Gasteiger partial charge in [0.2, 0.25) is 10.0 Å². The third kappa shape index (κ3) is 3.93. The number of likely N-dealkylation sites (N-methyl/N-ethyl adjacent to an activating group) is 1. The number of sulfonamides is 1. The van der Waals surface area contributed by atoms with Gasteiger partial charge in [-0.2, -0.15) is 4.31 Å². The molecule has 1 aromatic rings. The second-order valence-corrected chi connectivity index (χ2v) is 6.11. The molecule has 8 heteroatoms. The van der Waals surface area contributed by atoms with Gasteiger partial charge < -0.3 is 10.5 Å². The largest absolute Gasteiger partial charge is 0.388 e. The van der Waals surface area contributed by atoms with Crippen LogP contribution in [-0.2, 0) is 14.8 Å². The van der Waals surface area contributed by atoms with E-state index in [4.69, 9.17) is 22.7 Å². The van der Waals surface area contributed by atoms with E-state index < -0.39 is 10.0 Å².